The Morgan fingerprint density at radius 3 is 2.58 bits per heavy atom. The van der Waals surface area contributed by atoms with E-state index in [-0.39, 0.29) is 5.49 Å². The highest BCUT2D eigenvalue weighted by Gasteiger charge is 2.38. The molecule has 0 bridgehead atoms. The third-order valence-electron chi connectivity index (χ3n) is 1.80. The Kier molecular flexibility index (Phi) is 4.09. The van der Waals surface area contributed by atoms with Crippen LogP contribution in [0.3, 0.4) is 0 Å². The van der Waals surface area contributed by atoms with Crippen LogP contribution in [0, 0.1) is 5.41 Å². The van der Waals surface area contributed by atoms with Gasteiger partial charge in [0.15, 0.2) is 11.1 Å². The van der Waals surface area contributed by atoms with Crippen molar-refractivity contribution in [2.75, 3.05) is 7.11 Å². The Labute approximate surface area is 102 Å². The number of halogens is 3. The molecular weight excluding hydrogens is 271 g/mol. The summed E-state index contributed by atoms with van der Waals surface area (Å²) in [6, 6.07) is 0. The second kappa shape index (κ2) is 5.37. The van der Waals surface area contributed by atoms with E-state index in [0.717, 1.165) is 0 Å². The van der Waals surface area contributed by atoms with Gasteiger partial charge in [0.2, 0.25) is 0 Å². The van der Waals surface area contributed by atoms with Crippen LogP contribution >= 0.6 is 0 Å². The van der Waals surface area contributed by atoms with Gasteiger partial charge in [0.25, 0.3) is 0 Å². The molecule has 0 unspecified atom stereocenters. The van der Waals surface area contributed by atoms with Crippen molar-refractivity contribution in [2.24, 2.45) is 0 Å². The van der Waals surface area contributed by atoms with E-state index < -0.39 is 12.1 Å². The molecule has 2 heterocycles. The summed E-state index contributed by atoms with van der Waals surface area (Å²) in [7, 11) is 1.47. The largest absolute Gasteiger partial charge is 0.490 e. The van der Waals surface area contributed by atoms with Crippen LogP contribution in [0.15, 0.2) is 12.7 Å². The lowest BCUT2D eigenvalue weighted by Gasteiger charge is -2.01. The maximum atomic E-state index is 10.6. The number of carboxylic acids is 1. The number of aromatic nitrogens is 4. The molecule has 0 atom stereocenters. The fourth-order valence-corrected chi connectivity index (χ4v) is 0.973. The molecule has 2 aromatic heterocycles. The summed E-state index contributed by atoms with van der Waals surface area (Å²) < 4.78 is 33.0. The molecule has 19 heavy (non-hydrogen) atoms. The first-order chi connectivity index (χ1) is 8.77. The van der Waals surface area contributed by atoms with Gasteiger partial charge >= 0.3 is 12.1 Å². The highest BCUT2D eigenvalue weighted by Crippen LogP contribution is 2.13. The van der Waals surface area contributed by atoms with Gasteiger partial charge in [-0.15, -0.1) is 0 Å². The number of H-pyrrole nitrogens is 1. The Morgan fingerprint density at radius 2 is 2.11 bits per heavy atom. The van der Waals surface area contributed by atoms with Crippen molar-refractivity contribution < 1.29 is 27.9 Å². The van der Waals surface area contributed by atoms with Crippen molar-refractivity contribution in [1.82, 2.24) is 19.7 Å². The number of fused-ring (bicyclic) bond motifs is 1. The van der Waals surface area contributed by atoms with E-state index >= 15 is 0 Å². The number of nitrogens with zero attached hydrogens (tertiary/aromatic N) is 3. The molecule has 0 spiro atoms. The smallest absolute Gasteiger partial charge is 0.475 e. The van der Waals surface area contributed by atoms with E-state index in [2.05, 4.69) is 15.0 Å². The van der Waals surface area contributed by atoms with Gasteiger partial charge < -0.3 is 14.9 Å². The number of carbonyl (C=O) groups is 1. The molecule has 8 nitrogen and oxygen atoms in total. The highest BCUT2D eigenvalue weighted by atomic mass is 19.4. The molecule has 2 rings (SSSR count). The molecule has 0 saturated carbocycles. The van der Waals surface area contributed by atoms with Crippen LogP contribution in [0.25, 0.3) is 11.2 Å². The van der Waals surface area contributed by atoms with Crippen LogP contribution in [0.4, 0.5) is 13.2 Å². The quantitative estimate of drug-likeness (QED) is 0.675. The molecule has 0 amide bonds. The second-order valence-corrected chi connectivity index (χ2v) is 3.01. The van der Waals surface area contributed by atoms with Crippen LogP contribution in [-0.4, -0.2) is 44.0 Å². The predicted molar refractivity (Wildman–Crippen MR) is 53.9 cm³/mol. The zero-order valence-corrected chi connectivity index (χ0v) is 9.39. The number of rotatable bonds is 1. The van der Waals surface area contributed by atoms with Crippen LogP contribution in [-0.2, 0) is 4.79 Å². The molecule has 11 heteroatoms. The van der Waals surface area contributed by atoms with E-state index in [1.165, 1.54) is 24.5 Å². The minimum Gasteiger partial charge on any atom is -0.475 e. The molecular formula is C8H8F3N5O3. The fraction of sp³-hybridized carbons (Fsp3) is 0.250. The molecule has 0 fully saturated rings. The summed E-state index contributed by atoms with van der Waals surface area (Å²) in [6.07, 6.45) is -2.18. The minimum atomic E-state index is -5.08. The van der Waals surface area contributed by atoms with Crippen LogP contribution < -0.4 is 10.3 Å². The normalized spacial score (nSPS) is 10.7. The molecule has 0 radical (unpaired) electrons. The maximum Gasteiger partial charge on any atom is 0.490 e. The SMILES string of the molecule is COn1cnc2nc[nH]c2c1=N.O=C(O)C(F)(F)F. The Bertz CT molecular complexity index is 632. The number of aromatic amines is 1. The van der Waals surface area contributed by atoms with Crippen molar-refractivity contribution >= 4 is 17.1 Å². The average Bonchev–Trinajstić information content (AvgIpc) is 2.78. The van der Waals surface area contributed by atoms with Crippen molar-refractivity contribution in [1.29, 1.82) is 5.41 Å². The Morgan fingerprint density at radius 1 is 1.53 bits per heavy atom. The van der Waals surface area contributed by atoms with Crippen LogP contribution in [0.2, 0.25) is 0 Å². The van der Waals surface area contributed by atoms with E-state index in [0.29, 0.717) is 11.2 Å². The zero-order chi connectivity index (χ0) is 14.6. The van der Waals surface area contributed by atoms with Crippen molar-refractivity contribution in [3.63, 3.8) is 0 Å². The van der Waals surface area contributed by atoms with E-state index in [9.17, 15) is 13.2 Å². The first-order valence-corrected chi connectivity index (χ1v) is 4.57. The maximum absolute atomic E-state index is 10.6. The Balaban J connectivity index is 0.000000224. The van der Waals surface area contributed by atoms with Crippen molar-refractivity contribution in [2.45, 2.75) is 6.18 Å². The molecule has 0 aromatic carbocycles. The topological polar surface area (TPSA) is 117 Å². The van der Waals surface area contributed by atoms with Gasteiger partial charge in [0.05, 0.1) is 6.33 Å². The summed E-state index contributed by atoms with van der Waals surface area (Å²) in [5, 5.41) is 14.7. The van der Waals surface area contributed by atoms with Crippen molar-refractivity contribution in [3.8, 4) is 0 Å². The van der Waals surface area contributed by atoms with Gasteiger partial charge in [-0.1, -0.05) is 0 Å². The number of nitrogens with one attached hydrogen (secondary N) is 2. The summed E-state index contributed by atoms with van der Waals surface area (Å²) in [4.78, 5) is 24.4. The first-order valence-electron chi connectivity index (χ1n) is 4.57. The average molecular weight is 279 g/mol. The number of alkyl halides is 3. The van der Waals surface area contributed by atoms with Gasteiger partial charge in [-0.25, -0.2) is 14.8 Å². The lowest BCUT2D eigenvalue weighted by atomic mass is 10.5. The lowest BCUT2D eigenvalue weighted by molar-refractivity contribution is -0.192. The summed E-state index contributed by atoms with van der Waals surface area (Å²) in [5.74, 6) is -2.76. The van der Waals surface area contributed by atoms with E-state index in [1.54, 1.807) is 0 Å². The molecule has 2 aromatic rings. The summed E-state index contributed by atoms with van der Waals surface area (Å²) >= 11 is 0. The number of aliphatic carboxylic acids is 1. The predicted octanol–water partition coefficient (Wildman–Crippen LogP) is -0.0694. The molecule has 0 aliphatic rings. The molecule has 0 aliphatic carbocycles. The number of hydrogen-bond donors (Lipinski definition) is 3. The second-order valence-electron chi connectivity index (χ2n) is 3.01. The third kappa shape index (κ3) is 3.43. The number of imidazole rings is 1. The van der Waals surface area contributed by atoms with Gasteiger partial charge in [-0.2, -0.15) is 17.9 Å². The molecule has 3 N–H and O–H groups in total. The van der Waals surface area contributed by atoms with Gasteiger partial charge in [-0.3, -0.25) is 5.41 Å². The summed E-state index contributed by atoms with van der Waals surface area (Å²) in [5.41, 5.74) is 1.30. The zero-order valence-electron chi connectivity index (χ0n) is 9.39. The van der Waals surface area contributed by atoms with Crippen molar-refractivity contribution in [3.05, 3.63) is 18.1 Å². The van der Waals surface area contributed by atoms with E-state index in [1.807, 2.05) is 0 Å². The monoisotopic (exact) mass is 279 g/mol. The minimum absolute atomic E-state index is 0.208. The van der Waals surface area contributed by atoms with Crippen LogP contribution in [0.1, 0.15) is 0 Å². The molecule has 0 saturated heterocycles. The fourth-order valence-electron chi connectivity index (χ4n) is 0.973. The summed E-state index contributed by atoms with van der Waals surface area (Å²) in [6.45, 7) is 0. The first kappa shape index (κ1) is 14.5. The lowest BCUT2D eigenvalue weighted by Crippen LogP contribution is -2.25. The van der Waals surface area contributed by atoms with Crippen LogP contribution in [0.5, 0.6) is 0 Å². The van der Waals surface area contributed by atoms with E-state index in [4.69, 9.17) is 20.1 Å². The highest BCUT2D eigenvalue weighted by molar-refractivity contribution is 5.73. The number of carboxylic acid groups (broad SMARTS) is 1. The third-order valence-corrected chi connectivity index (χ3v) is 1.80. The standard InChI is InChI=1S/C6H7N5O.C2HF3O2/c1-12-11-3-10-6-4(5(11)7)8-2-9-6;3-2(4,5)1(6)7/h2-3,7H,1H3,(H,8,9);(H,6,7). The molecule has 104 valence electrons. The van der Waals surface area contributed by atoms with Gasteiger partial charge in [0.1, 0.15) is 19.0 Å². The number of hydrogen-bond acceptors (Lipinski definition) is 5. The molecule has 0 aliphatic heterocycles. The van der Waals surface area contributed by atoms with Gasteiger partial charge in [-0.05, 0) is 0 Å². The Hall–Kier alpha value is -2.59. The van der Waals surface area contributed by atoms with Gasteiger partial charge in [0, 0.05) is 0 Å².